The summed E-state index contributed by atoms with van der Waals surface area (Å²) in [7, 11) is 0. The molecule has 0 bridgehead atoms. The number of likely N-dealkylation sites (tertiary alicyclic amines) is 1. The van der Waals surface area contributed by atoms with Crippen molar-refractivity contribution in [1.29, 1.82) is 0 Å². The van der Waals surface area contributed by atoms with Gasteiger partial charge in [0.05, 0.1) is 5.56 Å². The van der Waals surface area contributed by atoms with E-state index in [9.17, 15) is 13.6 Å². The number of halogens is 2. The molecule has 1 aliphatic heterocycles. The fourth-order valence-corrected chi connectivity index (χ4v) is 3.37. The van der Waals surface area contributed by atoms with E-state index in [-0.39, 0.29) is 17.3 Å². The Morgan fingerprint density at radius 2 is 1.73 bits per heavy atom. The molecule has 1 saturated heterocycles. The summed E-state index contributed by atoms with van der Waals surface area (Å²) in [6.07, 6.45) is 1.88. The lowest BCUT2D eigenvalue weighted by atomic mass is 9.96. The van der Waals surface area contributed by atoms with Crippen LogP contribution in [0, 0.1) is 17.6 Å². The molecule has 2 aromatic carbocycles. The number of carbonyl (C=O) groups is 1. The molecule has 0 unspecified atom stereocenters. The van der Waals surface area contributed by atoms with Gasteiger partial charge in [-0.25, -0.2) is 8.78 Å². The van der Waals surface area contributed by atoms with Gasteiger partial charge in [-0.15, -0.1) is 0 Å². The minimum atomic E-state index is -0.536. The molecule has 0 aromatic heterocycles. The lowest BCUT2D eigenvalue weighted by Crippen LogP contribution is -2.41. The molecular formula is C21H24F2N2O. The quantitative estimate of drug-likeness (QED) is 0.873. The molecule has 0 radical (unpaired) electrons. The van der Waals surface area contributed by atoms with Crippen LogP contribution in [-0.4, -0.2) is 37.0 Å². The zero-order chi connectivity index (χ0) is 18.5. The highest BCUT2D eigenvalue weighted by Crippen LogP contribution is 2.24. The van der Waals surface area contributed by atoms with Crippen LogP contribution in [0.15, 0.2) is 42.5 Å². The maximum atomic E-state index is 14.5. The molecule has 1 fully saturated rings. The fraction of sp³-hybridized carbons (Fsp3) is 0.381. The molecule has 0 aliphatic carbocycles. The van der Waals surface area contributed by atoms with Crippen LogP contribution < -0.4 is 5.32 Å². The van der Waals surface area contributed by atoms with Crippen molar-refractivity contribution in [2.75, 3.05) is 26.2 Å². The van der Waals surface area contributed by atoms with E-state index in [4.69, 9.17) is 0 Å². The molecule has 1 amide bonds. The second kappa shape index (κ2) is 8.41. The van der Waals surface area contributed by atoms with Gasteiger partial charge in [-0.3, -0.25) is 4.79 Å². The van der Waals surface area contributed by atoms with Gasteiger partial charge in [0.15, 0.2) is 0 Å². The molecule has 1 heterocycles. The first kappa shape index (κ1) is 18.5. The van der Waals surface area contributed by atoms with E-state index >= 15 is 0 Å². The molecule has 1 N–H and O–H groups in total. The lowest BCUT2D eigenvalue weighted by molar-refractivity contribution is 0.0685. The molecule has 5 heteroatoms. The van der Waals surface area contributed by atoms with Crippen molar-refractivity contribution >= 4 is 5.91 Å². The standard InChI is InChI=1S/C21H24F2N2O/c1-2-24-14-15-9-11-25(12-10-15)21(26)19-8-5-17(13-20(19)23)16-3-6-18(22)7-4-16/h3-8,13,15,24H,2,9-12,14H2,1H3. The largest absolute Gasteiger partial charge is 0.339 e. The molecule has 3 nitrogen and oxygen atoms in total. The molecule has 0 saturated carbocycles. The predicted molar refractivity (Wildman–Crippen MR) is 99.0 cm³/mol. The van der Waals surface area contributed by atoms with Crippen LogP contribution in [-0.2, 0) is 0 Å². The summed E-state index contributed by atoms with van der Waals surface area (Å²) in [6, 6.07) is 10.5. The Labute approximate surface area is 153 Å². The number of benzene rings is 2. The molecule has 138 valence electrons. The first-order valence-electron chi connectivity index (χ1n) is 9.14. The number of piperidine rings is 1. The molecule has 0 spiro atoms. The van der Waals surface area contributed by atoms with Gasteiger partial charge in [0.2, 0.25) is 0 Å². The van der Waals surface area contributed by atoms with Gasteiger partial charge in [-0.1, -0.05) is 25.1 Å². The summed E-state index contributed by atoms with van der Waals surface area (Å²) in [5, 5.41) is 3.34. The van der Waals surface area contributed by atoms with Crippen LogP contribution in [0.2, 0.25) is 0 Å². The summed E-state index contributed by atoms with van der Waals surface area (Å²) in [5.74, 6) is -0.551. The first-order chi connectivity index (χ1) is 12.6. The number of nitrogens with one attached hydrogen (secondary N) is 1. The van der Waals surface area contributed by atoms with Crippen molar-refractivity contribution in [1.82, 2.24) is 10.2 Å². The van der Waals surface area contributed by atoms with E-state index in [1.54, 1.807) is 23.1 Å². The Morgan fingerprint density at radius 3 is 2.35 bits per heavy atom. The third-order valence-electron chi connectivity index (χ3n) is 4.96. The van der Waals surface area contributed by atoms with Gasteiger partial charge in [0.25, 0.3) is 5.91 Å². The summed E-state index contributed by atoms with van der Waals surface area (Å²) in [5.41, 5.74) is 1.44. The number of hydrogen-bond acceptors (Lipinski definition) is 2. The fourth-order valence-electron chi connectivity index (χ4n) is 3.37. The summed E-state index contributed by atoms with van der Waals surface area (Å²) >= 11 is 0. The monoisotopic (exact) mass is 358 g/mol. The first-order valence-corrected chi connectivity index (χ1v) is 9.14. The zero-order valence-corrected chi connectivity index (χ0v) is 15.0. The maximum Gasteiger partial charge on any atom is 0.256 e. The van der Waals surface area contributed by atoms with Crippen LogP contribution in [0.1, 0.15) is 30.1 Å². The SMILES string of the molecule is CCNCC1CCN(C(=O)c2ccc(-c3ccc(F)cc3)cc2F)CC1. The van der Waals surface area contributed by atoms with Crippen LogP contribution in [0.5, 0.6) is 0 Å². The Kier molecular flexibility index (Phi) is 5.99. The third-order valence-corrected chi connectivity index (χ3v) is 4.96. The van der Waals surface area contributed by atoms with Crippen LogP contribution >= 0.6 is 0 Å². The minimum Gasteiger partial charge on any atom is -0.339 e. The van der Waals surface area contributed by atoms with E-state index in [1.807, 2.05) is 0 Å². The van der Waals surface area contributed by atoms with E-state index in [1.165, 1.54) is 24.3 Å². The smallest absolute Gasteiger partial charge is 0.256 e. The van der Waals surface area contributed by atoms with Crippen LogP contribution in [0.25, 0.3) is 11.1 Å². The summed E-state index contributed by atoms with van der Waals surface area (Å²) < 4.78 is 27.6. The van der Waals surface area contributed by atoms with Crippen molar-refractivity contribution < 1.29 is 13.6 Å². The van der Waals surface area contributed by atoms with Gasteiger partial charge >= 0.3 is 0 Å². The molecule has 1 aliphatic rings. The second-order valence-electron chi connectivity index (χ2n) is 6.74. The van der Waals surface area contributed by atoms with Crippen molar-refractivity contribution in [3.05, 3.63) is 59.7 Å². The summed E-state index contributed by atoms with van der Waals surface area (Å²) in [6.45, 7) is 5.32. The molecule has 0 atom stereocenters. The third kappa shape index (κ3) is 4.28. The average molecular weight is 358 g/mol. The highest BCUT2D eigenvalue weighted by atomic mass is 19.1. The van der Waals surface area contributed by atoms with Gasteiger partial charge in [-0.2, -0.15) is 0 Å². The van der Waals surface area contributed by atoms with Gasteiger partial charge in [0.1, 0.15) is 11.6 Å². The molecule has 2 aromatic rings. The normalized spacial score (nSPS) is 15.3. The lowest BCUT2D eigenvalue weighted by Gasteiger charge is -2.32. The Hall–Kier alpha value is -2.27. The van der Waals surface area contributed by atoms with Gasteiger partial charge in [-0.05, 0) is 67.2 Å². The molecule has 26 heavy (non-hydrogen) atoms. The Balaban J connectivity index is 1.68. The van der Waals surface area contributed by atoms with E-state index in [0.29, 0.717) is 30.1 Å². The van der Waals surface area contributed by atoms with E-state index in [2.05, 4.69) is 12.2 Å². The number of carbonyl (C=O) groups excluding carboxylic acids is 1. The number of amides is 1. The molecular weight excluding hydrogens is 334 g/mol. The van der Waals surface area contributed by atoms with Crippen molar-refractivity contribution in [3.8, 4) is 11.1 Å². The number of rotatable bonds is 5. The number of nitrogens with zero attached hydrogens (tertiary/aromatic N) is 1. The Morgan fingerprint density at radius 1 is 1.08 bits per heavy atom. The maximum absolute atomic E-state index is 14.5. The Bertz CT molecular complexity index is 753. The minimum absolute atomic E-state index is 0.0981. The topological polar surface area (TPSA) is 32.3 Å². The average Bonchev–Trinajstić information content (AvgIpc) is 2.67. The van der Waals surface area contributed by atoms with E-state index < -0.39 is 5.82 Å². The van der Waals surface area contributed by atoms with Crippen molar-refractivity contribution in [2.45, 2.75) is 19.8 Å². The van der Waals surface area contributed by atoms with Crippen molar-refractivity contribution in [2.24, 2.45) is 5.92 Å². The van der Waals surface area contributed by atoms with Crippen LogP contribution in [0.3, 0.4) is 0 Å². The van der Waals surface area contributed by atoms with Crippen LogP contribution in [0.4, 0.5) is 8.78 Å². The summed E-state index contributed by atoms with van der Waals surface area (Å²) in [4.78, 5) is 14.4. The van der Waals surface area contributed by atoms with Gasteiger partial charge < -0.3 is 10.2 Å². The van der Waals surface area contributed by atoms with Gasteiger partial charge in [0, 0.05) is 13.1 Å². The molecule has 3 rings (SSSR count). The predicted octanol–water partition coefficient (Wildman–Crippen LogP) is 4.09. The number of hydrogen-bond donors (Lipinski definition) is 1. The zero-order valence-electron chi connectivity index (χ0n) is 15.0. The highest BCUT2D eigenvalue weighted by molar-refractivity contribution is 5.95. The second-order valence-corrected chi connectivity index (χ2v) is 6.74. The van der Waals surface area contributed by atoms with E-state index in [0.717, 1.165) is 25.9 Å². The highest BCUT2D eigenvalue weighted by Gasteiger charge is 2.25. The van der Waals surface area contributed by atoms with Crippen molar-refractivity contribution in [3.63, 3.8) is 0 Å².